The minimum absolute atomic E-state index is 0.00314. The number of aromatic nitrogens is 2. The van der Waals surface area contributed by atoms with Gasteiger partial charge in [-0.25, -0.2) is 0 Å². The molecule has 2 aromatic carbocycles. The summed E-state index contributed by atoms with van der Waals surface area (Å²) in [4.78, 5) is 16.5. The zero-order valence-corrected chi connectivity index (χ0v) is 18.3. The van der Waals surface area contributed by atoms with E-state index in [1.54, 1.807) is 0 Å². The SMILES string of the molecule is CCc1ccc(OCC(=O)N2CCN(c3ccc(-c4ccc(Cl)cc4)nn3)CC2)cc1. The maximum absolute atomic E-state index is 12.5. The molecule has 1 amide bonds. The van der Waals surface area contributed by atoms with Crippen LogP contribution in [0.25, 0.3) is 11.3 Å². The molecule has 6 nitrogen and oxygen atoms in total. The smallest absolute Gasteiger partial charge is 0.260 e. The molecule has 0 spiro atoms. The van der Waals surface area contributed by atoms with Crippen molar-refractivity contribution in [1.82, 2.24) is 15.1 Å². The second-order valence-corrected chi connectivity index (χ2v) is 7.87. The fraction of sp³-hybridized carbons (Fsp3) is 0.292. The van der Waals surface area contributed by atoms with Crippen LogP contribution in [0, 0.1) is 0 Å². The molecule has 0 unspecified atom stereocenters. The van der Waals surface area contributed by atoms with Gasteiger partial charge in [-0.3, -0.25) is 4.79 Å². The molecular formula is C24H25ClN4O2. The minimum atomic E-state index is 0.00314. The number of aryl methyl sites for hydroxylation is 1. The van der Waals surface area contributed by atoms with Crippen LogP contribution < -0.4 is 9.64 Å². The molecule has 0 radical (unpaired) electrons. The van der Waals surface area contributed by atoms with Crippen LogP contribution >= 0.6 is 11.6 Å². The van der Waals surface area contributed by atoms with Gasteiger partial charge in [0, 0.05) is 36.8 Å². The Bertz CT molecular complexity index is 999. The number of amides is 1. The molecule has 1 aliphatic rings. The Balaban J connectivity index is 1.27. The van der Waals surface area contributed by atoms with E-state index in [2.05, 4.69) is 22.0 Å². The van der Waals surface area contributed by atoms with Gasteiger partial charge in [0.1, 0.15) is 5.75 Å². The van der Waals surface area contributed by atoms with Crippen LogP contribution in [0.2, 0.25) is 5.02 Å². The number of rotatable bonds is 6. The van der Waals surface area contributed by atoms with Gasteiger partial charge in [0.15, 0.2) is 12.4 Å². The van der Waals surface area contributed by atoms with Gasteiger partial charge < -0.3 is 14.5 Å². The Morgan fingerprint density at radius 2 is 1.65 bits per heavy atom. The lowest BCUT2D eigenvalue weighted by Crippen LogP contribution is -2.50. The molecule has 7 heteroatoms. The lowest BCUT2D eigenvalue weighted by atomic mass is 10.1. The van der Waals surface area contributed by atoms with E-state index in [1.807, 2.05) is 65.6 Å². The van der Waals surface area contributed by atoms with Gasteiger partial charge in [0.2, 0.25) is 0 Å². The zero-order chi connectivity index (χ0) is 21.6. The van der Waals surface area contributed by atoms with Crippen LogP contribution in [0.3, 0.4) is 0 Å². The van der Waals surface area contributed by atoms with E-state index in [9.17, 15) is 4.79 Å². The first-order chi connectivity index (χ1) is 15.1. The second-order valence-electron chi connectivity index (χ2n) is 7.44. The first kappa shape index (κ1) is 21.1. The third kappa shape index (κ3) is 5.33. The van der Waals surface area contributed by atoms with Gasteiger partial charge in [-0.15, -0.1) is 10.2 Å². The summed E-state index contributed by atoms with van der Waals surface area (Å²) < 4.78 is 5.66. The summed E-state index contributed by atoms with van der Waals surface area (Å²) in [7, 11) is 0. The molecule has 1 aromatic heterocycles. The third-order valence-electron chi connectivity index (χ3n) is 5.44. The predicted octanol–water partition coefficient (Wildman–Crippen LogP) is 4.09. The highest BCUT2D eigenvalue weighted by Crippen LogP contribution is 2.21. The molecule has 31 heavy (non-hydrogen) atoms. The average molecular weight is 437 g/mol. The quantitative estimate of drug-likeness (QED) is 0.582. The number of halogens is 1. The predicted molar refractivity (Wildman–Crippen MR) is 123 cm³/mol. The molecule has 0 atom stereocenters. The molecule has 4 rings (SSSR count). The van der Waals surface area contributed by atoms with E-state index in [4.69, 9.17) is 16.3 Å². The molecule has 0 saturated carbocycles. The number of benzene rings is 2. The van der Waals surface area contributed by atoms with Gasteiger partial charge in [-0.1, -0.05) is 42.8 Å². The molecule has 0 N–H and O–H groups in total. The van der Waals surface area contributed by atoms with E-state index in [0.29, 0.717) is 31.2 Å². The van der Waals surface area contributed by atoms with Crippen molar-refractivity contribution in [2.45, 2.75) is 13.3 Å². The maximum Gasteiger partial charge on any atom is 0.260 e. The van der Waals surface area contributed by atoms with Gasteiger partial charge in [-0.05, 0) is 48.4 Å². The summed E-state index contributed by atoms with van der Waals surface area (Å²) in [5.41, 5.74) is 3.03. The topological polar surface area (TPSA) is 58.6 Å². The van der Waals surface area contributed by atoms with Crippen LogP contribution in [0.5, 0.6) is 5.75 Å². The Morgan fingerprint density at radius 1 is 0.935 bits per heavy atom. The molecule has 160 valence electrons. The molecule has 1 saturated heterocycles. The van der Waals surface area contributed by atoms with Crippen molar-refractivity contribution in [2.75, 3.05) is 37.7 Å². The average Bonchev–Trinajstić information content (AvgIpc) is 2.83. The second kappa shape index (κ2) is 9.79. The van der Waals surface area contributed by atoms with E-state index in [-0.39, 0.29) is 12.5 Å². The molecule has 0 aliphatic carbocycles. The Hall–Kier alpha value is -3.12. The fourth-order valence-corrected chi connectivity index (χ4v) is 3.64. The maximum atomic E-state index is 12.5. The molecule has 1 fully saturated rings. The summed E-state index contributed by atoms with van der Waals surface area (Å²) >= 11 is 5.94. The molecule has 2 heterocycles. The summed E-state index contributed by atoms with van der Waals surface area (Å²) in [6, 6.07) is 19.3. The van der Waals surface area contributed by atoms with Crippen LogP contribution in [0.1, 0.15) is 12.5 Å². The van der Waals surface area contributed by atoms with E-state index >= 15 is 0 Å². The number of ether oxygens (including phenoxy) is 1. The fourth-order valence-electron chi connectivity index (χ4n) is 3.51. The van der Waals surface area contributed by atoms with Crippen molar-refractivity contribution in [3.8, 4) is 17.0 Å². The summed E-state index contributed by atoms with van der Waals surface area (Å²) in [5, 5.41) is 9.42. The van der Waals surface area contributed by atoms with Gasteiger partial charge in [0.05, 0.1) is 5.69 Å². The first-order valence-electron chi connectivity index (χ1n) is 10.5. The lowest BCUT2D eigenvalue weighted by Gasteiger charge is -2.35. The van der Waals surface area contributed by atoms with E-state index in [0.717, 1.165) is 29.2 Å². The Labute approximate surface area is 187 Å². The Morgan fingerprint density at radius 3 is 2.26 bits per heavy atom. The van der Waals surface area contributed by atoms with Crippen LogP contribution in [0.15, 0.2) is 60.7 Å². The van der Waals surface area contributed by atoms with Crippen LogP contribution in [-0.4, -0.2) is 53.8 Å². The number of anilines is 1. The first-order valence-corrected chi connectivity index (χ1v) is 10.8. The van der Waals surface area contributed by atoms with E-state index < -0.39 is 0 Å². The third-order valence-corrected chi connectivity index (χ3v) is 5.69. The highest BCUT2D eigenvalue weighted by atomic mass is 35.5. The number of carbonyl (C=O) groups is 1. The summed E-state index contributed by atoms with van der Waals surface area (Å²) in [5.74, 6) is 1.54. The normalized spacial score (nSPS) is 13.9. The van der Waals surface area contributed by atoms with E-state index in [1.165, 1.54) is 5.56 Å². The highest BCUT2D eigenvalue weighted by molar-refractivity contribution is 6.30. The van der Waals surface area contributed by atoms with Crippen LogP contribution in [0.4, 0.5) is 5.82 Å². The molecule has 1 aliphatic heterocycles. The van der Waals surface area contributed by atoms with Gasteiger partial charge in [0.25, 0.3) is 5.91 Å². The number of hydrogen-bond donors (Lipinski definition) is 0. The monoisotopic (exact) mass is 436 g/mol. The van der Waals surface area contributed by atoms with Crippen molar-refractivity contribution in [3.63, 3.8) is 0 Å². The number of nitrogens with zero attached hydrogens (tertiary/aromatic N) is 4. The summed E-state index contributed by atoms with van der Waals surface area (Å²) in [6.45, 7) is 4.87. The standard InChI is InChI=1S/C24H25ClN4O2/c1-2-18-3-9-21(10-4-18)31-17-24(30)29-15-13-28(14-16-29)23-12-11-22(26-27-23)19-5-7-20(25)8-6-19/h3-12H,2,13-17H2,1H3. The van der Waals surface area contributed by atoms with Crippen molar-refractivity contribution >= 4 is 23.3 Å². The zero-order valence-electron chi connectivity index (χ0n) is 17.5. The minimum Gasteiger partial charge on any atom is -0.484 e. The molecule has 0 bridgehead atoms. The highest BCUT2D eigenvalue weighted by Gasteiger charge is 2.22. The van der Waals surface area contributed by atoms with Crippen molar-refractivity contribution in [2.24, 2.45) is 0 Å². The van der Waals surface area contributed by atoms with Crippen molar-refractivity contribution in [1.29, 1.82) is 0 Å². The van der Waals surface area contributed by atoms with Gasteiger partial charge >= 0.3 is 0 Å². The Kier molecular flexibility index (Phi) is 6.67. The van der Waals surface area contributed by atoms with Crippen molar-refractivity contribution in [3.05, 3.63) is 71.2 Å². The largest absolute Gasteiger partial charge is 0.484 e. The number of hydrogen-bond acceptors (Lipinski definition) is 5. The number of carbonyl (C=O) groups excluding carboxylic acids is 1. The summed E-state index contributed by atoms with van der Waals surface area (Å²) in [6.07, 6.45) is 0.984. The van der Waals surface area contributed by atoms with Gasteiger partial charge in [-0.2, -0.15) is 0 Å². The number of piperazine rings is 1. The van der Waals surface area contributed by atoms with Crippen molar-refractivity contribution < 1.29 is 9.53 Å². The lowest BCUT2D eigenvalue weighted by molar-refractivity contribution is -0.133. The molecular weight excluding hydrogens is 412 g/mol. The van der Waals surface area contributed by atoms with Crippen LogP contribution in [-0.2, 0) is 11.2 Å². The molecule has 3 aromatic rings.